The van der Waals surface area contributed by atoms with Gasteiger partial charge in [0, 0.05) is 0 Å². The van der Waals surface area contributed by atoms with E-state index in [2.05, 4.69) is 5.10 Å². The van der Waals surface area contributed by atoms with E-state index in [4.69, 9.17) is 0 Å². The monoisotopic (exact) mass is 265 g/mol. The maximum atomic E-state index is 12.2. The highest BCUT2D eigenvalue weighted by atomic mass is 16.3. The van der Waals surface area contributed by atoms with Gasteiger partial charge in [-0.15, -0.1) is 5.10 Å². The number of hydrogen-bond donors (Lipinski definition) is 1. The summed E-state index contributed by atoms with van der Waals surface area (Å²) in [6.45, 7) is 0. The molecular weight excluding hydrogens is 252 g/mol. The lowest BCUT2D eigenvalue weighted by molar-refractivity contribution is -0.569. The van der Waals surface area contributed by atoms with Crippen LogP contribution in [0.4, 0.5) is 0 Å². The lowest BCUT2D eigenvalue weighted by Gasteiger charge is -1.92. The van der Waals surface area contributed by atoms with Crippen LogP contribution in [0.25, 0.3) is 10.9 Å². The highest BCUT2D eigenvalue weighted by Crippen LogP contribution is 2.06. The first-order valence-electron chi connectivity index (χ1n) is 6.36. The van der Waals surface area contributed by atoms with Crippen molar-refractivity contribution in [3.05, 3.63) is 87.1 Å². The number of aromatic nitrogens is 2. The number of fused-ring (bicyclic) bond motifs is 1. The van der Waals surface area contributed by atoms with E-state index in [0.29, 0.717) is 27.6 Å². The lowest BCUT2D eigenvalue weighted by Crippen LogP contribution is -2.23. The zero-order valence-electron chi connectivity index (χ0n) is 10.7. The molecule has 0 aliphatic rings. The second kappa shape index (κ2) is 5.09. The molecule has 0 aliphatic heterocycles. The number of benzene rings is 2. The Morgan fingerprint density at radius 3 is 2.45 bits per heavy atom. The SMILES string of the molecule is O=c1cc(Cc2ccccc2)[n+](=O)[nH]c2ccccc12. The number of nitrogens with one attached hydrogen (secondary N) is 1. The summed E-state index contributed by atoms with van der Waals surface area (Å²) in [6, 6.07) is 18.0. The van der Waals surface area contributed by atoms with E-state index < -0.39 is 0 Å². The molecule has 0 radical (unpaired) electrons. The van der Waals surface area contributed by atoms with E-state index in [1.54, 1.807) is 24.3 Å². The Balaban J connectivity index is 2.20. The summed E-state index contributed by atoms with van der Waals surface area (Å²) in [5.41, 5.74) is 1.77. The molecule has 0 aliphatic carbocycles. The van der Waals surface area contributed by atoms with E-state index in [0.717, 1.165) is 5.56 Å². The fourth-order valence-corrected chi connectivity index (χ4v) is 2.19. The third kappa shape index (κ3) is 2.36. The zero-order valence-corrected chi connectivity index (χ0v) is 10.7. The second-order valence-corrected chi connectivity index (χ2v) is 4.61. The van der Waals surface area contributed by atoms with Crippen LogP contribution >= 0.6 is 0 Å². The topological polar surface area (TPSA) is 55.8 Å². The molecule has 98 valence electrons. The second-order valence-electron chi connectivity index (χ2n) is 4.61. The lowest BCUT2D eigenvalue weighted by atomic mass is 10.1. The smallest absolute Gasteiger partial charge is 0.277 e. The van der Waals surface area contributed by atoms with E-state index in [1.165, 1.54) is 6.07 Å². The van der Waals surface area contributed by atoms with Crippen molar-refractivity contribution in [1.29, 1.82) is 0 Å². The number of aromatic amines is 1. The predicted octanol–water partition coefficient (Wildman–Crippen LogP) is 2.03. The summed E-state index contributed by atoms with van der Waals surface area (Å²) in [4.78, 5) is 24.3. The Hall–Kier alpha value is -2.75. The molecule has 0 amide bonds. The first-order chi connectivity index (χ1) is 9.74. The molecule has 0 spiro atoms. The summed E-state index contributed by atoms with van der Waals surface area (Å²) in [6.07, 6.45) is 0.414. The van der Waals surface area contributed by atoms with Gasteiger partial charge >= 0.3 is 0 Å². The largest absolute Gasteiger partial charge is 0.289 e. The third-order valence-corrected chi connectivity index (χ3v) is 3.20. The minimum absolute atomic E-state index is 0.155. The number of hydrogen-bond acceptors (Lipinski definition) is 2. The molecule has 0 unspecified atom stereocenters. The molecular formula is C16H13N2O2+. The van der Waals surface area contributed by atoms with Crippen molar-refractivity contribution in [3.8, 4) is 0 Å². The van der Waals surface area contributed by atoms with Crippen molar-refractivity contribution in [2.75, 3.05) is 0 Å². The van der Waals surface area contributed by atoms with Gasteiger partial charge in [-0.25, -0.2) is 0 Å². The third-order valence-electron chi connectivity index (χ3n) is 3.20. The number of para-hydroxylation sites is 1. The van der Waals surface area contributed by atoms with Crippen molar-refractivity contribution in [2.24, 2.45) is 0 Å². The highest BCUT2D eigenvalue weighted by Gasteiger charge is 2.11. The van der Waals surface area contributed by atoms with Crippen LogP contribution in [0.15, 0.2) is 65.5 Å². The number of rotatable bonds is 2. The Labute approximate surface area is 114 Å². The minimum atomic E-state index is -0.155. The summed E-state index contributed by atoms with van der Waals surface area (Å²) in [5.74, 6) is 0. The predicted molar refractivity (Wildman–Crippen MR) is 77.2 cm³/mol. The van der Waals surface area contributed by atoms with Crippen LogP contribution in [-0.4, -0.2) is 5.10 Å². The molecule has 0 bridgehead atoms. The van der Waals surface area contributed by atoms with Gasteiger partial charge < -0.3 is 0 Å². The van der Waals surface area contributed by atoms with Crippen LogP contribution in [0.2, 0.25) is 0 Å². The molecule has 3 rings (SSSR count). The number of nitrogens with zero attached hydrogens (tertiary/aromatic N) is 1. The van der Waals surface area contributed by atoms with Gasteiger partial charge in [-0.05, 0) is 17.7 Å². The Morgan fingerprint density at radius 2 is 1.65 bits per heavy atom. The maximum absolute atomic E-state index is 12.2. The fourth-order valence-electron chi connectivity index (χ4n) is 2.19. The maximum Gasteiger partial charge on any atom is 0.277 e. The zero-order chi connectivity index (χ0) is 13.9. The van der Waals surface area contributed by atoms with Crippen molar-refractivity contribution in [2.45, 2.75) is 6.42 Å². The summed E-state index contributed by atoms with van der Waals surface area (Å²) >= 11 is 0. The van der Waals surface area contributed by atoms with Gasteiger partial charge in [0.05, 0.1) is 22.8 Å². The standard InChI is InChI=1S/C16H12N2O2/c19-16-11-13(10-12-6-2-1-3-7-12)18(20)17-15-9-5-4-8-14(15)16/h1-9,11H,10H2/p+1. The van der Waals surface area contributed by atoms with E-state index in [1.807, 2.05) is 30.3 Å². The van der Waals surface area contributed by atoms with Crippen LogP contribution in [0.5, 0.6) is 0 Å². The van der Waals surface area contributed by atoms with Crippen LogP contribution in [-0.2, 0) is 6.42 Å². The molecule has 2 aromatic carbocycles. The molecule has 0 saturated heterocycles. The van der Waals surface area contributed by atoms with Gasteiger partial charge in [0.25, 0.3) is 5.69 Å². The Morgan fingerprint density at radius 1 is 0.950 bits per heavy atom. The molecule has 0 atom stereocenters. The first-order valence-corrected chi connectivity index (χ1v) is 6.36. The fraction of sp³-hybridized carbons (Fsp3) is 0.0625. The van der Waals surface area contributed by atoms with E-state index in [9.17, 15) is 9.70 Å². The van der Waals surface area contributed by atoms with Gasteiger partial charge in [0.2, 0.25) is 0 Å². The van der Waals surface area contributed by atoms with Crippen molar-refractivity contribution >= 4 is 10.9 Å². The molecule has 1 aromatic heterocycles. The number of H-pyrrole nitrogens is 1. The molecule has 0 saturated carbocycles. The minimum Gasteiger partial charge on any atom is -0.289 e. The van der Waals surface area contributed by atoms with Crippen molar-refractivity contribution < 1.29 is 4.54 Å². The quantitative estimate of drug-likeness (QED) is 0.721. The summed E-state index contributed by atoms with van der Waals surface area (Å²) < 4.78 is 0.663. The van der Waals surface area contributed by atoms with Gasteiger partial charge in [-0.3, -0.25) is 4.79 Å². The summed E-state index contributed by atoms with van der Waals surface area (Å²) in [5, 5.41) is 3.22. The van der Waals surface area contributed by atoms with Crippen LogP contribution in [0, 0.1) is 4.91 Å². The molecule has 20 heavy (non-hydrogen) atoms. The van der Waals surface area contributed by atoms with Gasteiger partial charge in [-0.1, -0.05) is 42.5 Å². The average molecular weight is 265 g/mol. The Bertz CT molecular complexity index is 870. The van der Waals surface area contributed by atoms with E-state index in [-0.39, 0.29) is 5.43 Å². The molecule has 4 nitrogen and oxygen atoms in total. The van der Waals surface area contributed by atoms with Gasteiger partial charge in [0.15, 0.2) is 9.97 Å². The van der Waals surface area contributed by atoms with Crippen LogP contribution in [0.1, 0.15) is 11.3 Å². The molecule has 1 heterocycles. The normalized spacial score (nSPS) is 10.6. The van der Waals surface area contributed by atoms with Crippen molar-refractivity contribution in [3.63, 3.8) is 0 Å². The molecule has 3 aromatic rings. The molecule has 1 N–H and O–H groups in total. The molecule has 0 fully saturated rings. The van der Waals surface area contributed by atoms with Crippen molar-refractivity contribution in [1.82, 2.24) is 5.10 Å². The average Bonchev–Trinajstić information content (AvgIpc) is 2.58. The van der Waals surface area contributed by atoms with Gasteiger partial charge in [-0.2, -0.15) is 0 Å². The van der Waals surface area contributed by atoms with Gasteiger partial charge in [0.1, 0.15) is 5.52 Å². The van der Waals surface area contributed by atoms with E-state index >= 15 is 0 Å². The van der Waals surface area contributed by atoms with Crippen LogP contribution < -0.4 is 9.97 Å². The van der Waals surface area contributed by atoms with Crippen LogP contribution in [0.3, 0.4) is 0 Å². The first kappa shape index (κ1) is 12.3. The Kier molecular flexibility index (Phi) is 3.13. The summed E-state index contributed by atoms with van der Waals surface area (Å²) in [7, 11) is 0. The molecule has 4 heteroatoms. The highest BCUT2D eigenvalue weighted by molar-refractivity contribution is 5.76.